The van der Waals surface area contributed by atoms with Crippen molar-refractivity contribution in [1.82, 2.24) is 0 Å². The van der Waals surface area contributed by atoms with E-state index in [4.69, 9.17) is 15.2 Å². The third-order valence-corrected chi connectivity index (χ3v) is 3.39. The predicted octanol–water partition coefficient (Wildman–Crippen LogP) is 1.54. The molecule has 17 heavy (non-hydrogen) atoms. The van der Waals surface area contributed by atoms with E-state index in [9.17, 15) is 9.59 Å². The van der Waals surface area contributed by atoms with E-state index in [1.54, 1.807) is 12.1 Å². The molecule has 0 saturated heterocycles. The van der Waals surface area contributed by atoms with E-state index in [0.717, 1.165) is 0 Å². The van der Waals surface area contributed by atoms with Crippen molar-refractivity contribution in [2.75, 3.05) is 6.79 Å². The molecule has 1 heterocycles. The Hall–Kier alpha value is -1.56. The van der Waals surface area contributed by atoms with Crippen LogP contribution >= 0.6 is 15.9 Å². The van der Waals surface area contributed by atoms with Gasteiger partial charge in [-0.15, -0.1) is 0 Å². The number of ether oxygens (including phenoxy) is 2. The lowest BCUT2D eigenvalue weighted by molar-refractivity contribution is -0.117. The summed E-state index contributed by atoms with van der Waals surface area (Å²) in [6.45, 7) is 1.53. The molecule has 0 spiro atoms. The molecule has 1 aliphatic rings. The van der Waals surface area contributed by atoms with Crippen LogP contribution in [0.15, 0.2) is 12.1 Å². The summed E-state index contributed by atoms with van der Waals surface area (Å²) in [5.74, 6) is 0.286. The number of hydrogen-bond acceptors (Lipinski definition) is 4. The second kappa shape index (κ2) is 4.37. The quantitative estimate of drug-likeness (QED) is 0.678. The van der Waals surface area contributed by atoms with Crippen LogP contribution in [-0.2, 0) is 4.79 Å². The van der Waals surface area contributed by atoms with Crippen LogP contribution in [0.2, 0.25) is 0 Å². The molecule has 6 heteroatoms. The highest BCUT2D eigenvalue weighted by Gasteiger charge is 2.25. The molecule has 1 aromatic carbocycles. The Bertz CT molecular complexity index is 500. The normalized spacial score (nSPS) is 14.5. The van der Waals surface area contributed by atoms with Gasteiger partial charge in [-0.25, -0.2) is 0 Å². The maximum atomic E-state index is 11.5. The minimum Gasteiger partial charge on any atom is -0.454 e. The number of nitrogens with two attached hydrogens (primary N) is 1. The van der Waals surface area contributed by atoms with Gasteiger partial charge >= 0.3 is 0 Å². The third-order valence-electron chi connectivity index (χ3n) is 2.45. The number of rotatable bonds is 3. The smallest absolute Gasteiger partial charge is 0.235 e. The molecule has 0 aromatic heterocycles. The first-order chi connectivity index (χ1) is 8.00. The Morgan fingerprint density at radius 2 is 1.94 bits per heavy atom. The molecule has 1 atom stereocenters. The van der Waals surface area contributed by atoms with Crippen LogP contribution < -0.4 is 15.2 Å². The second-order valence-electron chi connectivity index (χ2n) is 3.61. The molecule has 5 nitrogen and oxygen atoms in total. The number of fused-ring (bicyclic) bond motifs is 1. The predicted molar refractivity (Wildman–Crippen MR) is 63.4 cm³/mol. The molecule has 2 rings (SSSR count). The van der Waals surface area contributed by atoms with Crippen molar-refractivity contribution in [3.63, 3.8) is 0 Å². The summed E-state index contributed by atoms with van der Waals surface area (Å²) in [6, 6.07) is 3.17. The molecule has 2 N–H and O–H groups in total. The number of hydrogen-bond donors (Lipinski definition) is 1. The molecule has 0 bridgehead atoms. The molecule has 0 fully saturated rings. The van der Waals surface area contributed by atoms with Crippen molar-refractivity contribution in [2.45, 2.75) is 11.8 Å². The zero-order valence-electron chi connectivity index (χ0n) is 9.03. The number of primary amides is 1. The molecule has 0 radical (unpaired) electrons. The largest absolute Gasteiger partial charge is 0.454 e. The Balaban J connectivity index is 2.56. The Morgan fingerprint density at radius 1 is 1.35 bits per heavy atom. The SMILES string of the molecule is CC(=O)c1cc2c(cc1C(Br)C(N)=O)OCO2. The van der Waals surface area contributed by atoms with Crippen LogP contribution in [-0.4, -0.2) is 18.5 Å². The topological polar surface area (TPSA) is 78.6 Å². The van der Waals surface area contributed by atoms with E-state index in [1.807, 2.05) is 0 Å². The van der Waals surface area contributed by atoms with Gasteiger partial charge in [0.05, 0.1) is 0 Å². The van der Waals surface area contributed by atoms with Crippen molar-refractivity contribution < 1.29 is 19.1 Å². The van der Waals surface area contributed by atoms with Crippen LogP contribution in [0.3, 0.4) is 0 Å². The number of halogens is 1. The lowest BCUT2D eigenvalue weighted by Crippen LogP contribution is -2.18. The third kappa shape index (κ3) is 2.12. The molecule has 1 aliphatic heterocycles. The molecular formula is C11H10BrNO4. The van der Waals surface area contributed by atoms with Gasteiger partial charge in [0.25, 0.3) is 0 Å². The summed E-state index contributed by atoms with van der Waals surface area (Å²) in [5, 5.41) is 0. The summed E-state index contributed by atoms with van der Waals surface area (Å²) < 4.78 is 10.4. The van der Waals surface area contributed by atoms with Gasteiger partial charge in [-0.05, 0) is 24.6 Å². The zero-order chi connectivity index (χ0) is 12.6. The lowest BCUT2D eigenvalue weighted by atomic mass is 10.0. The minimum absolute atomic E-state index is 0.111. The molecule has 90 valence electrons. The van der Waals surface area contributed by atoms with Gasteiger partial charge in [0.1, 0.15) is 4.83 Å². The van der Waals surface area contributed by atoms with Crippen molar-refractivity contribution >= 4 is 27.6 Å². The lowest BCUT2D eigenvalue weighted by Gasteiger charge is -2.11. The average Bonchev–Trinajstić information content (AvgIpc) is 2.72. The Labute approximate surface area is 106 Å². The van der Waals surface area contributed by atoms with Gasteiger partial charge in [-0.3, -0.25) is 9.59 Å². The second-order valence-corrected chi connectivity index (χ2v) is 4.53. The fourth-order valence-corrected chi connectivity index (χ4v) is 2.00. The zero-order valence-corrected chi connectivity index (χ0v) is 10.6. The fraction of sp³-hybridized carbons (Fsp3) is 0.273. The minimum atomic E-state index is -0.726. The van der Waals surface area contributed by atoms with Crippen LogP contribution in [0.25, 0.3) is 0 Å². The maximum Gasteiger partial charge on any atom is 0.235 e. The molecule has 1 amide bonds. The summed E-state index contributed by atoms with van der Waals surface area (Å²) in [4.78, 5) is 22.0. The van der Waals surface area contributed by atoms with Gasteiger partial charge in [0.15, 0.2) is 17.3 Å². The number of amides is 1. The summed E-state index contributed by atoms with van der Waals surface area (Å²) in [7, 11) is 0. The Kier molecular flexibility index (Phi) is 3.06. The van der Waals surface area contributed by atoms with E-state index >= 15 is 0 Å². The molecule has 1 aromatic rings. The molecular weight excluding hydrogens is 290 g/mol. The van der Waals surface area contributed by atoms with Gasteiger partial charge in [-0.2, -0.15) is 0 Å². The number of benzene rings is 1. The maximum absolute atomic E-state index is 11.5. The average molecular weight is 300 g/mol. The number of ketones is 1. The highest BCUT2D eigenvalue weighted by atomic mass is 79.9. The summed E-state index contributed by atoms with van der Waals surface area (Å²) in [5.41, 5.74) is 6.11. The number of alkyl halides is 1. The number of Topliss-reactive ketones (excluding diaryl/α,β-unsaturated/α-hetero) is 1. The van der Waals surface area contributed by atoms with Gasteiger partial charge in [0, 0.05) is 5.56 Å². The first kappa shape index (κ1) is 11.9. The van der Waals surface area contributed by atoms with Gasteiger partial charge < -0.3 is 15.2 Å². The van der Waals surface area contributed by atoms with E-state index < -0.39 is 10.7 Å². The number of carbonyl (C=O) groups is 2. The molecule has 0 aliphatic carbocycles. The highest BCUT2D eigenvalue weighted by Crippen LogP contribution is 2.38. The Morgan fingerprint density at radius 3 is 2.47 bits per heavy atom. The van der Waals surface area contributed by atoms with Gasteiger partial charge in [0.2, 0.25) is 12.7 Å². The van der Waals surface area contributed by atoms with Crippen LogP contribution in [0.1, 0.15) is 27.7 Å². The van der Waals surface area contributed by atoms with E-state index in [-0.39, 0.29) is 12.6 Å². The fourth-order valence-electron chi connectivity index (χ4n) is 1.63. The van der Waals surface area contributed by atoms with Crippen LogP contribution in [0.4, 0.5) is 0 Å². The van der Waals surface area contributed by atoms with E-state index in [2.05, 4.69) is 15.9 Å². The van der Waals surface area contributed by atoms with Crippen LogP contribution in [0, 0.1) is 0 Å². The summed E-state index contributed by atoms with van der Waals surface area (Å²) in [6.07, 6.45) is 0. The summed E-state index contributed by atoms with van der Waals surface area (Å²) >= 11 is 3.15. The standard InChI is InChI=1S/C11H10BrNO4/c1-5(14)6-2-8-9(17-4-16-8)3-7(6)10(12)11(13)15/h2-3,10H,4H2,1H3,(H2,13,15). The van der Waals surface area contributed by atoms with Crippen molar-refractivity contribution in [1.29, 1.82) is 0 Å². The first-order valence-corrected chi connectivity index (χ1v) is 5.80. The molecule has 0 saturated carbocycles. The van der Waals surface area contributed by atoms with E-state index in [0.29, 0.717) is 22.6 Å². The monoisotopic (exact) mass is 299 g/mol. The highest BCUT2D eigenvalue weighted by molar-refractivity contribution is 9.09. The molecule has 1 unspecified atom stereocenters. The van der Waals surface area contributed by atoms with E-state index in [1.165, 1.54) is 6.92 Å². The number of carbonyl (C=O) groups excluding carboxylic acids is 2. The van der Waals surface area contributed by atoms with Crippen LogP contribution in [0.5, 0.6) is 11.5 Å². The first-order valence-electron chi connectivity index (χ1n) is 4.88. The van der Waals surface area contributed by atoms with Crippen molar-refractivity contribution in [3.05, 3.63) is 23.3 Å². The van der Waals surface area contributed by atoms with Crippen molar-refractivity contribution in [3.8, 4) is 11.5 Å². The van der Waals surface area contributed by atoms with Gasteiger partial charge in [-0.1, -0.05) is 15.9 Å². The van der Waals surface area contributed by atoms with Crippen molar-refractivity contribution in [2.24, 2.45) is 5.73 Å².